The minimum absolute atomic E-state index is 0.0269. The third kappa shape index (κ3) is 3.48. The van der Waals surface area contributed by atoms with Crippen molar-refractivity contribution in [1.82, 2.24) is 0 Å². The van der Waals surface area contributed by atoms with E-state index in [2.05, 4.69) is 5.32 Å². The average Bonchev–Trinajstić information content (AvgIpc) is 2.85. The van der Waals surface area contributed by atoms with E-state index in [0.29, 0.717) is 0 Å². The number of rotatable bonds is 4. The van der Waals surface area contributed by atoms with Gasteiger partial charge in [-0.2, -0.15) is 13.2 Å². The van der Waals surface area contributed by atoms with Crippen molar-refractivity contribution < 1.29 is 27.5 Å². The Balaban J connectivity index is 1.94. The Morgan fingerprint density at radius 2 is 1.74 bits per heavy atom. The first-order valence-corrected chi connectivity index (χ1v) is 7.97. The van der Waals surface area contributed by atoms with E-state index in [1.54, 1.807) is 18.2 Å². The molecule has 0 saturated heterocycles. The Kier molecular flexibility index (Phi) is 4.84. The standard InChI is InChI=1S/C18H12ClF3N2O3/c1-27-13-8-3-2-7-12(13)24-16(25)14(19)15(17(24)26)23-11-6-4-5-10(9-11)18(20,21)22/h2-9,23H,1H3. The lowest BCUT2D eigenvalue weighted by Crippen LogP contribution is -2.32. The molecule has 0 saturated carbocycles. The molecule has 0 atom stereocenters. The molecular formula is C18H12ClF3N2O3. The van der Waals surface area contributed by atoms with Crippen molar-refractivity contribution in [3.63, 3.8) is 0 Å². The summed E-state index contributed by atoms with van der Waals surface area (Å²) in [5, 5.41) is 2.09. The maximum absolute atomic E-state index is 12.9. The van der Waals surface area contributed by atoms with E-state index in [0.717, 1.165) is 17.0 Å². The molecule has 1 heterocycles. The number of carbonyl (C=O) groups excluding carboxylic acids is 2. The second kappa shape index (κ2) is 6.96. The van der Waals surface area contributed by atoms with Crippen LogP contribution in [0.15, 0.2) is 59.3 Å². The molecule has 1 N–H and O–H groups in total. The summed E-state index contributed by atoms with van der Waals surface area (Å²) in [6.45, 7) is 0. The van der Waals surface area contributed by atoms with Crippen LogP contribution in [0.2, 0.25) is 0 Å². The van der Waals surface area contributed by atoms with Crippen LogP contribution >= 0.6 is 11.6 Å². The molecule has 3 rings (SSSR count). The summed E-state index contributed by atoms with van der Waals surface area (Å²) in [7, 11) is 1.38. The quantitative estimate of drug-likeness (QED) is 0.789. The van der Waals surface area contributed by atoms with Crippen LogP contribution in [0.4, 0.5) is 24.5 Å². The molecule has 5 nitrogen and oxygen atoms in total. The summed E-state index contributed by atoms with van der Waals surface area (Å²) in [5.41, 5.74) is -1.07. The van der Waals surface area contributed by atoms with Gasteiger partial charge >= 0.3 is 6.18 Å². The van der Waals surface area contributed by atoms with E-state index in [-0.39, 0.29) is 22.8 Å². The van der Waals surface area contributed by atoms with Crippen molar-refractivity contribution in [3.8, 4) is 5.75 Å². The van der Waals surface area contributed by atoms with Gasteiger partial charge in [0.25, 0.3) is 11.8 Å². The number of alkyl halides is 3. The topological polar surface area (TPSA) is 58.6 Å². The molecular weight excluding hydrogens is 385 g/mol. The van der Waals surface area contributed by atoms with Gasteiger partial charge in [-0.15, -0.1) is 0 Å². The first kappa shape index (κ1) is 18.8. The molecule has 0 radical (unpaired) electrons. The monoisotopic (exact) mass is 396 g/mol. The predicted molar refractivity (Wildman–Crippen MR) is 93.4 cm³/mol. The third-order valence-electron chi connectivity index (χ3n) is 3.81. The number of hydrogen-bond acceptors (Lipinski definition) is 4. The normalized spacial score (nSPS) is 14.8. The molecule has 2 aromatic rings. The molecule has 140 valence electrons. The van der Waals surface area contributed by atoms with Gasteiger partial charge in [0, 0.05) is 5.69 Å². The third-order valence-corrected chi connectivity index (χ3v) is 4.16. The molecule has 1 aliphatic heterocycles. The number of carbonyl (C=O) groups is 2. The highest BCUT2D eigenvalue weighted by atomic mass is 35.5. The number of nitrogens with zero attached hydrogens (tertiary/aromatic N) is 1. The number of halogens is 4. The van der Waals surface area contributed by atoms with Gasteiger partial charge in [0.2, 0.25) is 0 Å². The Bertz CT molecular complexity index is 957. The number of ether oxygens (including phenoxy) is 1. The van der Waals surface area contributed by atoms with Gasteiger partial charge in [0.05, 0.1) is 18.4 Å². The van der Waals surface area contributed by atoms with Gasteiger partial charge in [-0.3, -0.25) is 9.59 Å². The molecule has 0 unspecified atom stereocenters. The Hall–Kier alpha value is -3.00. The summed E-state index contributed by atoms with van der Waals surface area (Å²) < 4.78 is 43.7. The summed E-state index contributed by atoms with van der Waals surface area (Å²) in [4.78, 5) is 26.0. The van der Waals surface area contributed by atoms with Crippen LogP contribution in [0.3, 0.4) is 0 Å². The zero-order valence-electron chi connectivity index (χ0n) is 13.8. The maximum Gasteiger partial charge on any atom is 0.416 e. The molecule has 2 amide bonds. The number of anilines is 2. The number of imide groups is 1. The molecule has 0 fully saturated rings. The van der Waals surface area contributed by atoms with E-state index < -0.39 is 28.6 Å². The Morgan fingerprint density at radius 3 is 2.41 bits per heavy atom. The van der Waals surface area contributed by atoms with Crippen LogP contribution in [-0.2, 0) is 15.8 Å². The number of amides is 2. The molecule has 0 spiro atoms. The molecule has 9 heteroatoms. The van der Waals surface area contributed by atoms with E-state index in [1.807, 2.05) is 0 Å². The SMILES string of the molecule is COc1ccccc1N1C(=O)C(Cl)=C(Nc2cccc(C(F)(F)F)c2)C1=O. The summed E-state index contributed by atoms with van der Waals surface area (Å²) >= 11 is 5.99. The lowest BCUT2D eigenvalue weighted by molar-refractivity contribution is -0.137. The van der Waals surface area contributed by atoms with Gasteiger partial charge in [0.1, 0.15) is 16.5 Å². The van der Waals surface area contributed by atoms with Crippen molar-refractivity contribution in [2.75, 3.05) is 17.3 Å². The summed E-state index contributed by atoms with van der Waals surface area (Å²) in [6.07, 6.45) is -4.55. The van der Waals surface area contributed by atoms with E-state index in [1.165, 1.54) is 25.3 Å². The average molecular weight is 397 g/mol. The number of hydrogen-bond donors (Lipinski definition) is 1. The fraction of sp³-hybridized carbons (Fsp3) is 0.111. The van der Waals surface area contributed by atoms with Crippen molar-refractivity contribution >= 4 is 34.8 Å². The fourth-order valence-corrected chi connectivity index (χ4v) is 2.77. The smallest absolute Gasteiger partial charge is 0.416 e. The van der Waals surface area contributed by atoms with Crippen molar-refractivity contribution in [2.45, 2.75) is 6.18 Å². The first-order chi connectivity index (χ1) is 12.7. The summed E-state index contributed by atoms with van der Waals surface area (Å²) in [5.74, 6) is -1.34. The molecule has 2 aromatic carbocycles. The van der Waals surface area contributed by atoms with Crippen molar-refractivity contribution in [1.29, 1.82) is 0 Å². The molecule has 27 heavy (non-hydrogen) atoms. The minimum atomic E-state index is -4.55. The van der Waals surface area contributed by atoms with Gasteiger partial charge < -0.3 is 10.1 Å². The highest BCUT2D eigenvalue weighted by Gasteiger charge is 2.40. The summed E-state index contributed by atoms with van der Waals surface area (Å²) in [6, 6.07) is 10.5. The molecule has 0 aromatic heterocycles. The minimum Gasteiger partial charge on any atom is -0.495 e. The van der Waals surface area contributed by atoms with Gasteiger partial charge in [-0.25, -0.2) is 4.90 Å². The number of para-hydroxylation sites is 2. The van der Waals surface area contributed by atoms with Crippen LogP contribution in [0.5, 0.6) is 5.75 Å². The zero-order chi connectivity index (χ0) is 19.8. The maximum atomic E-state index is 12.9. The lowest BCUT2D eigenvalue weighted by Gasteiger charge is -2.18. The Labute approximate surface area is 157 Å². The zero-order valence-corrected chi connectivity index (χ0v) is 14.6. The first-order valence-electron chi connectivity index (χ1n) is 7.60. The molecule has 1 aliphatic rings. The van der Waals surface area contributed by atoms with Gasteiger partial charge in [0.15, 0.2) is 0 Å². The highest BCUT2D eigenvalue weighted by molar-refractivity contribution is 6.53. The molecule has 0 bridgehead atoms. The van der Waals surface area contributed by atoms with E-state index in [9.17, 15) is 22.8 Å². The van der Waals surface area contributed by atoms with E-state index in [4.69, 9.17) is 16.3 Å². The largest absolute Gasteiger partial charge is 0.495 e. The van der Waals surface area contributed by atoms with Crippen LogP contribution in [-0.4, -0.2) is 18.9 Å². The Morgan fingerprint density at radius 1 is 1.04 bits per heavy atom. The number of benzene rings is 2. The van der Waals surface area contributed by atoms with Gasteiger partial charge in [-0.05, 0) is 30.3 Å². The fourth-order valence-electron chi connectivity index (χ4n) is 2.56. The van der Waals surface area contributed by atoms with Gasteiger partial charge in [-0.1, -0.05) is 29.8 Å². The highest BCUT2D eigenvalue weighted by Crippen LogP contribution is 2.36. The lowest BCUT2D eigenvalue weighted by atomic mass is 10.2. The second-order valence-electron chi connectivity index (χ2n) is 5.51. The van der Waals surface area contributed by atoms with Crippen LogP contribution in [0, 0.1) is 0 Å². The number of nitrogens with one attached hydrogen (secondary N) is 1. The van der Waals surface area contributed by atoms with Crippen molar-refractivity contribution in [2.24, 2.45) is 0 Å². The van der Waals surface area contributed by atoms with Crippen molar-refractivity contribution in [3.05, 3.63) is 64.8 Å². The second-order valence-corrected chi connectivity index (χ2v) is 5.89. The predicted octanol–water partition coefficient (Wildman–Crippen LogP) is 4.15. The van der Waals surface area contributed by atoms with Crippen LogP contribution in [0.1, 0.15) is 5.56 Å². The number of methoxy groups -OCH3 is 1. The van der Waals surface area contributed by atoms with Crippen LogP contribution < -0.4 is 15.0 Å². The van der Waals surface area contributed by atoms with E-state index >= 15 is 0 Å². The van der Waals surface area contributed by atoms with Crippen LogP contribution in [0.25, 0.3) is 0 Å². The molecule has 0 aliphatic carbocycles.